The van der Waals surface area contributed by atoms with Gasteiger partial charge in [-0.2, -0.15) is 23.5 Å². The van der Waals surface area contributed by atoms with Crippen LogP contribution in [-0.4, -0.2) is 64.7 Å². The fourth-order valence-corrected chi connectivity index (χ4v) is 5.00. The van der Waals surface area contributed by atoms with E-state index in [0.717, 1.165) is 0 Å². The number of ether oxygens (including phenoxy) is 1. The van der Waals surface area contributed by atoms with Crippen LogP contribution in [0.2, 0.25) is 5.15 Å². The van der Waals surface area contributed by atoms with E-state index < -0.39 is 29.5 Å². The van der Waals surface area contributed by atoms with Gasteiger partial charge in [0.25, 0.3) is 0 Å². The molecule has 0 radical (unpaired) electrons. The van der Waals surface area contributed by atoms with Gasteiger partial charge >= 0.3 is 12.3 Å². The summed E-state index contributed by atoms with van der Waals surface area (Å²) in [5.74, 6) is 0.0326. The fraction of sp³-hybridized carbons (Fsp3) is 0.519. The van der Waals surface area contributed by atoms with E-state index in [1.165, 1.54) is 41.1 Å². The number of rotatable bonds is 7. The molecule has 3 rings (SSSR count). The molecule has 1 atom stereocenters. The Morgan fingerprint density at radius 1 is 1.32 bits per heavy atom. The second-order valence-electron chi connectivity index (χ2n) is 10.7. The molecule has 0 spiro atoms. The van der Waals surface area contributed by atoms with Gasteiger partial charge in [0.15, 0.2) is 5.16 Å². The van der Waals surface area contributed by atoms with E-state index >= 15 is 0 Å². The minimum Gasteiger partial charge on any atom is -0.444 e. The van der Waals surface area contributed by atoms with Crippen LogP contribution in [0, 0.1) is 11.3 Å². The number of nitrogens with zero attached hydrogens (tertiary/aromatic N) is 6. The number of piperazine rings is 1. The molecule has 1 aliphatic rings. The maximum atomic E-state index is 14.0. The number of nitrogens with one attached hydrogen (secondary N) is 1. The largest absolute Gasteiger partial charge is 0.444 e. The van der Waals surface area contributed by atoms with E-state index in [1.54, 1.807) is 40.9 Å². The molecule has 1 aliphatic heterocycles. The quantitative estimate of drug-likeness (QED) is 0.120. The van der Waals surface area contributed by atoms with Crippen molar-refractivity contribution in [2.45, 2.75) is 69.9 Å². The van der Waals surface area contributed by atoms with Crippen LogP contribution in [0.15, 0.2) is 28.5 Å². The third-order valence-electron chi connectivity index (χ3n) is 6.16. The summed E-state index contributed by atoms with van der Waals surface area (Å²) < 4.78 is 47.4. The molecular weight excluding hydrogens is 579 g/mol. The summed E-state index contributed by atoms with van der Waals surface area (Å²) in [6.45, 7) is 9.52. The predicted octanol–water partition coefficient (Wildman–Crippen LogP) is 6.78. The Bertz CT molecular complexity index is 1330. The van der Waals surface area contributed by atoms with E-state index in [4.69, 9.17) is 16.3 Å². The molecule has 1 aromatic carbocycles. The highest BCUT2D eigenvalue weighted by Gasteiger charge is 2.37. The summed E-state index contributed by atoms with van der Waals surface area (Å²) in [6, 6.07) is 5.92. The maximum Gasteiger partial charge on any atom is 0.418 e. The van der Waals surface area contributed by atoms with E-state index in [2.05, 4.69) is 26.6 Å². The molecule has 1 unspecified atom stereocenters. The Morgan fingerprint density at radius 3 is 2.61 bits per heavy atom. The number of carbonyl (C=O) groups excluding carboxylic acids is 1. The normalized spacial score (nSPS) is 16.3. The van der Waals surface area contributed by atoms with Crippen molar-refractivity contribution < 1.29 is 22.7 Å². The Hall–Kier alpha value is -3.24. The van der Waals surface area contributed by atoms with Crippen LogP contribution in [0.1, 0.15) is 63.6 Å². The summed E-state index contributed by atoms with van der Waals surface area (Å²) in [5, 5.41) is 14.0. The highest BCUT2D eigenvalue weighted by Crippen LogP contribution is 2.40. The first-order valence-electron chi connectivity index (χ1n) is 12.9. The van der Waals surface area contributed by atoms with Gasteiger partial charge in [-0.15, -0.1) is 0 Å². The third-order valence-corrected chi connectivity index (χ3v) is 6.99. The fourth-order valence-electron chi connectivity index (χ4n) is 4.37. The van der Waals surface area contributed by atoms with Crippen molar-refractivity contribution in [3.8, 4) is 6.07 Å². The van der Waals surface area contributed by atoms with Crippen LogP contribution in [0.4, 0.5) is 29.5 Å². The lowest BCUT2D eigenvalue weighted by Crippen LogP contribution is -2.56. The molecule has 222 valence electrons. The molecule has 41 heavy (non-hydrogen) atoms. The third kappa shape index (κ3) is 8.16. The van der Waals surface area contributed by atoms with Crippen LogP contribution >= 0.6 is 23.4 Å². The maximum absolute atomic E-state index is 14.0. The van der Waals surface area contributed by atoms with Gasteiger partial charge in [0.2, 0.25) is 0 Å². The number of aromatic nitrogens is 2. The molecule has 9 nitrogen and oxygen atoms in total. The lowest BCUT2D eigenvalue weighted by Gasteiger charge is -2.41. The molecule has 14 heteroatoms. The number of benzene rings is 1. The minimum atomic E-state index is -4.59. The molecule has 1 amide bonds. The Kier molecular flexibility index (Phi) is 10.4. The second-order valence-corrected chi connectivity index (χ2v) is 11.8. The van der Waals surface area contributed by atoms with Gasteiger partial charge in [-0.3, -0.25) is 5.43 Å². The SMILES string of the molecule is CSc1nc(Cl)c(/C=N/Nc2cccc(C(C)C)c2C(F)(F)F)c(N2CCN(C(=O)OC(C)(C)C)C(CC#N)C2)n1. The summed E-state index contributed by atoms with van der Waals surface area (Å²) in [7, 11) is 0. The zero-order chi connectivity index (χ0) is 30.5. The summed E-state index contributed by atoms with van der Waals surface area (Å²) in [4.78, 5) is 25.1. The van der Waals surface area contributed by atoms with E-state index in [1.807, 2.05) is 4.90 Å². The molecule has 1 aromatic heterocycles. The van der Waals surface area contributed by atoms with Crippen molar-refractivity contribution in [2.75, 3.05) is 36.2 Å². The van der Waals surface area contributed by atoms with Crippen molar-refractivity contribution >= 4 is 47.2 Å². The monoisotopic (exact) mass is 611 g/mol. The first kappa shape index (κ1) is 32.3. The van der Waals surface area contributed by atoms with Gasteiger partial charge in [0, 0.05) is 19.6 Å². The number of anilines is 2. The average Bonchev–Trinajstić information content (AvgIpc) is 2.87. The molecule has 0 bridgehead atoms. The van der Waals surface area contributed by atoms with Crippen LogP contribution in [-0.2, 0) is 10.9 Å². The van der Waals surface area contributed by atoms with Crippen LogP contribution in [0.25, 0.3) is 0 Å². The molecule has 0 saturated carbocycles. The second kappa shape index (κ2) is 13.2. The molecule has 2 aromatic rings. The van der Waals surface area contributed by atoms with Crippen LogP contribution < -0.4 is 10.3 Å². The molecule has 1 saturated heterocycles. The van der Waals surface area contributed by atoms with E-state index in [0.29, 0.717) is 17.5 Å². The summed E-state index contributed by atoms with van der Waals surface area (Å²) >= 11 is 7.77. The number of alkyl halides is 3. The van der Waals surface area contributed by atoms with E-state index in [9.17, 15) is 23.2 Å². The number of amides is 1. The first-order valence-corrected chi connectivity index (χ1v) is 14.5. The smallest absolute Gasteiger partial charge is 0.418 e. The molecule has 2 heterocycles. The number of nitriles is 1. The van der Waals surface area contributed by atoms with Crippen molar-refractivity contribution in [2.24, 2.45) is 5.10 Å². The lowest BCUT2D eigenvalue weighted by molar-refractivity contribution is -0.137. The first-order chi connectivity index (χ1) is 19.2. The molecule has 1 N–H and O–H groups in total. The van der Waals surface area contributed by atoms with E-state index in [-0.39, 0.29) is 47.4 Å². The number of carbonyl (C=O) groups is 1. The number of halogens is 4. The van der Waals surface area contributed by atoms with Crippen molar-refractivity contribution in [1.82, 2.24) is 14.9 Å². The van der Waals surface area contributed by atoms with Gasteiger partial charge < -0.3 is 14.5 Å². The highest BCUT2D eigenvalue weighted by atomic mass is 35.5. The number of hydrazone groups is 1. The standard InChI is InChI=1S/C27H33ClF3N7O2S/c1-16(2)18-8-7-9-20(21(18)27(29,30)31)36-33-14-19-22(28)34-24(41-6)35-23(19)37-12-13-38(17(15-37)10-11-32)25(39)40-26(3,4)5/h7-9,14,16-17,36H,10,12-13,15H2,1-6H3/b33-14+. The number of hydrogen-bond donors (Lipinski definition) is 1. The van der Waals surface area contributed by atoms with Crippen molar-refractivity contribution in [1.29, 1.82) is 5.26 Å². The highest BCUT2D eigenvalue weighted by molar-refractivity contribution is 7.98. The molecule has 1 fully saturated rings. The average molecular weight is 612 g/mol. The zero-order valence-electron chi connectivity index (χ0n) is 23.7. The Balaban J connectivity index is 1.95. The Labute approximate surface area is 247 Å². The van der Waals surface area contributed by atoms with Crippen molar-refractivity contribution in [3.05, 3.63) is 40.0 Å². The molecule has 0 aliphatic carbocycles. The van der Waals surface area contributed by atoms with Crippen LogP contribution in [0.5, 0.6) is 0 Å². The minimum absolute atomic E-state index is 0.0569. The van der Waals surface area contributed by atoms with Crippen LogP contribution in [0.3, 0.4) is 0 Å². The molecular formula is C27H33ClF3N7O2S. The Morgan fingerprint density at radius 2 is 2.02 bits per heavy atom. The van der Waals surface area contributed by atoms with Gasteiger partial charge in [0.1, 0.15) is 16.6 Å². The van der Waals surface area contributed by atoms with Gasteiger partial charge in [-0.05, 0) is 44.6 Å². The topological polar surface area (TPSA) is 107 Å². The summed E-state index contributed by atoms with van der Waals surface area (Å²) in [5.41, 5.74) is 1.27. The van der Waals surface area contributed by atoms with Gasteiger partial charge in [0.05, 0.1) is 41.6 Å². The summed E-state index contributed by atoms with van der Waals surface area (Å²) in [6.07, 6.45) is -1.98. The number of hydrogen-bond acceptors (Lipinski definition) is 9. The lowest BCUT2D eigenvalue weighted by atomic mass is 9.95. The predicted molar refractivity (Wildman–Crippen MR) is 155 cm³/mol. The number of thioether (sulfide) groups is 1. The zero-order valence-corrected chi connectivity index (χ0v) is 25.3. The van der Waals surface area contributed by atoms with Gasteiger partial charge in [-0.25, -0.2) is 14.8 Å². The van der Waals surface area contributed by atoms with Crippen molar-refractivity contribution in [3.63, 3.8) is 0 Å². The van der Waals surface area contributed by atoms with Gasteiger partial charge in [-0.1, -0.05) is 49.3 Å².